The van der Waals surface area contributed by atoms with E-state index in [9.17, 15) is 8.78 Å². The summed E-state index contributed by atoms with van der Waals surface area (Å²) in [6, 6.07) is 8.90. The summed E-state index contributed by atoms with van der Waals surface area (Å²) in [5.74, 6) is 0.0750. The number of halogens is 3. The van der Waals surface area contributed by atoms with Gasteiger partial charge in [0.1, 0.15) is 23.8 Å². The van der Waals surface area contributed by atoms with Crippen LogP contribution in [0.1, 0.15) is 0 Å². The lowest BCUT2D eigenvalue weighted by Gasteiger charge is -2.21. The van der Waals surface area contributed by atoms with Crippen molar-refractivity contribution in [2.75, 3.05) is 11.9 Å². The van der Waals surface area contributed by atoms with Crippen LogP contribution in [-0.4, -0.2) is 26.6 Å². The fourth-order valence-corrected chi connectivity index (χ4v) is 3.09. The van der Waals surface area contributed by atoms with Crippen LogP contribution in [0.3, 0.4) is 0 Å². The summed E-state index contributed by atoms with van der Waals surface area (Å²) in [6.07, 6.45) is 1.52. The maximum Gasteiger partial charge on any atom is 0.257 e. The topological polar surface area (TPSA) is 46.3 Å². The molecule has 4 aromatic rings. The molecule has 0 saturated heterocycles. The van der Waals surface area contributed by atoms with E-state index in [0.29, 0.717) is 32.7 Å². The summed E-state index contributed by atoms with van der Waals surface area (Å²) < 4.78 is 29.8. The minimum Gasteiger partial charge on any atom is -0.329 e. The van der Waals surface area contributed by atoms with Crippen LogP contribution in [-0.2, 0) is 0 Å². The minimum absolute atomic E-state index is 0.381. The molecule has 0 N–H and O–H groups in total. The van der Waals surface area contributed by atoms with E-state index in [-0.39, 0.29) is 11.6 Å². The molecule has 0 bridgehead atoms. The van der Waals surface area contributed by atoms with Crippen molar-refractivity contribution in [1.82, 2.24) is 19.6 Å². The molecule has 0 amide bonds. The molecule has 5 nitrogen and oxygen atoms in total. The van der Waals surface area contributed by atoms with Crippen LogP contribution in [0, 0.1) is 11.6 Å². The Morgan fingerprint density at radius 1 is 1.08 bits per heavy atom. The highest BCUT2D eigenvalue weighted by Gasteiger charge is 2.16. The molecule has 0 aliphatic carbocycles. The fourth-order valence-electron chi connectivity index (χ4n) is 2.64. The van der Waals surface area contributed by atoms with Gasteiger partial charge in [-0.15, -0.1) is 10.2 Å². The molecule has 8 heteroatoms. The first-order valence-electron chi connectivity index (χ1n) is 7.02. The highest BCUT2D eigenvalue weighted by Crippen LogP contribution is 2.32. The number of rotatable bonds is 2. The molecular formula is C16H10BrF2N5. The SMILES string of the molecule is CN(c1cc(F)cc(Br)c1)c1nc2nncn2c2ccc(F)cc12. The quantitative estimate of drug-likeness (QED) is 0.518. The van der Waals surface area contributed by atoms with Crippen LogP contribution in [0.2, 0.25) is 0 Å². The smallest absolute Gasteiger partial charge is 0.257 e. The first kappa shape index (κ1) is 14.9. The zero-order chi connectivity index (χ0) is 16.8. The predicted molar refractivity (Wildman–Crippen MR) is 90.4 cm³/mol. The molecule has 2 aromatic carbocycles. The van der Waals surface area contributed by atoms with Gasteiger partial charge in [0.05, 0.1) is 5.52 Å². The average molecular weight is 390 g/mol. The van der Waals surface area contributed by atoms with Gasteiger partial charge >= 0.3 is 0 Å². The third kappa shape index (κ3) is 2.39. The highest BCUT2D eigenvalue weighted by molar-refractivity contribution is 9.10. The van der Waals surface area contributed by atoms with Crippen molar-refractivity contribution in [1.29, 1.82) is 0 Å². The van der Waals surface area contributed by atoms with Gasteiger partial charge in [-0.3, -0.25) is 4.40 Å². The van der Waals surface area contributed by atoms with Crippen molar-refractivity contribution >= 4 is 44.1 Å². The van der Waals surface area contributed by atoms with Crippen molar-refractivity contribution in [2.24, 2.45) is 0 Å². The van der Waals surface area contributed by atoms with Gasteiger partial charge in [0, 0.05) is 22.6 Å². The van der Waals surface area contributed by atoms with Crippen LogP contribution in [0.15, 0.2) is 47.2 Å². The van der Waals surface area contributed by atoms with Crippen molar-refractivity contribution in [3.05, 3.63) is 58.8 Å². The molecule has 0 aliphatic rings. The van der Waals surface area contributed by atoms with Crippen LogP contribution in [0.4, 0.5) is 20.3 Å². The van der Waals surface area contributed by atoms with E-state index < -0.39 is 0 Å². The van der Waals surface area contributed by atoms with Crippen molar-refractivity contribution in [3.8, 4) is 0 Å². The van der Waals surface area contributed by atoms with E-state index in [4.69, 9.17) is 0 Å². The average Bonchev–Trinajstić information content (AvgIpc) is 3.00. The number of fused-ring (bicyclic) bond motifs is 3. The summed E-state index contributed by atoms with van der Waals surface area (Å²) in [7, 11) is 1.74. The van der Waals surface area contributed by atoms with Crippen molar-refractivity contribution < 1.29 is 8.78 Å². The lowest BCUT2D eigenvalue weighted by Crippen LogP contribution is -2.13. The largest absolute Gasteiger partial charge is 0.329 e. The molecule has 120 valence electrons. The number of aromatic nitrogens is 4. The van der Waals surface area contributed by atoms with Crippen LogP contribution < -0.4 is 4.90 Å². The van der Waals surface area contributed by atoms with Crippen molar-refractivity contribution in [2.45, 2.75) is 0 Å². The Bertz CT molecular complexity index is 1060. The summed E-state index contributed by atoms with van der Waals surface area (Å²) in [4.78, 5) is 6.14. The highest BCUT2D eigenvalue weighted by atomic mass is 79.9. The van der Waals surface area contributed by atoms with Gasteiger partial charge < -0.3 is 4.90 Å². The predicted octanol–water partition coefficient (Wildman–Crippen LogP) is 4.09. The number of hydrogen-bond donors (Lipinski definition) is 0. The zero-order valence-corrected chi connectivity index (χ0v) is 14.0. The first-order chi connectivity index (χ1) is 11.5. The Morgan fingerprint density at radius 3 is 2.71 bits per heavy atom. The van der Waals surface area contributed by atoms with Gasteiger partial charge in [0.25, 0.3) is 5.78 Å². The summed E-state index contributed by atoms with van der Waals surface area (Å²) in [6.45, 7) is 0. The molecule has 24 heavy (non-hydrogen) atoms. The van der Waals surface area contributed by atoms with E-state index in [0.717, 1.165) is 0 Å². The molecule has 0 spiro atoms. The Hall–Kier alpha value is -2.61. The molecular weight excluding hydrogens is 380 g/mol. The molecule has 2 aromatic heterocycles. The molecule has 0 radical (unpaired) electrons. The summed E-state index contributed by atoms with van der Waals surface area (Å²) in [5, 5.41) is 8.38. The monoisotopic (exact) mass is 389 g/mol. The van der Waals surface area contributed by atoms with Gasteiger partial charge in [-0.2, -0.15) is 4.98 Å². The molecule has 2 heterocycles. The molecule has 0 atom stereocenters. The fraction of sp³-hybridized carbons (Fsp3) is 0.0625. The van der Waals surface area contributed by atoms with Gasteiger partial charge in [-0.1, -0.05) is 15.9 Å². The molecule has 0 unspecified atom stereocenters. The van der Waals surface area contributed by atoms with Crippen LogP contribution in [0.25, 0.3) is 16.7 Å². The van der Waals surface area contributed by atoms with Gasteiger partial charge in [0.15, 0.2) is 0 Å². The third-order valence-corrected chi connectivity index (χ3v) is 4.20. The normalized spacial score (nSPS) is 11.3. The van der Waals surface area contributed by atoms with Crippen LogP contribution in [0.5, 0.6) is 0 Å². The number of anilines is 2. The van der Waals surface area contributed by atoms with E-state index in [1.807, 2.05) is 0 Å². The second-order valence-corrected chi connectivity index (χ2v) is 6.20. The second kappa shape index (κ2) is 5.48. The summed E-state index contributed by atoms with van der Waals surface area (Å²) >= 11 is 3.28. The molecule has 4 rings (SSSR count). The van der Waals surface area contributed by atoms with Gasteiger partial charge in [-0.05, 0) is 36.4 Å². The first-order valence-corrected chi connectivity index (χ1v) is 7.81. The number of nitrogens with zero attached hydrogens (tertiary/aromatic N) is 5. The zero-order valence-electron chi connectivity index (χ0n) is 12.4. The van der Waals surface area contributed by atoms with E-state index in [1.54, 1.807) is 28.5 Å². The Labute approximate surface area is 143 Å². The molecule has 0 aliphatic heterocycles. The lowest BCUT2D eigenvalue weighted by atomic mass is 10.2. The van der Waals surface area contributed by atoms with E-state index in [2.05, 4.69) is 31.1 Å². The van der Waals surface area contributed by atoms with Crippen LogP contribution >= 0.6 is 15.9 Å². The Morgan fingerprint density at radius 2 is 1.92 bits per heavy atom. The van der Waals surface area contributed by atoms with Crippen molar-refractivity contribution in [3.63, 3.8) is 0 Å². The second-order valence-electron chi connectivity index (χ2n) is 5.28. The minimum atomic E-state index is -0.384. The third-order valence-electron chi connectivity index (χ3n) is 3.75. The van der Waals surface area contributed by atoms with E-state index in [1.165, 1.54) is 30.6 Å². The Balaban J connectivity index is 2.01. The maximum absolute atomic E-state index is 13.8. The maximum atomic E-state index is 13.8. The molecule has 0 saturated carbocycles. The van der Waals surface area contributed by atoms with Gasteiger partial charge in [0.2, 0.25) is 0 Å². The Kier molecular flexibility index (Phi) is 3.42. The summed E-state index contributed by atoms with van der Waals surface area (Å²) in [5.41, 5.74) is 1.28. The van der Waals surface area contributed by atoms with Gasteiger partial charge in [-0.25, -0.2) is 8.78 Å². The number of benzene rings is 2. The van der Waals surface area contributed by atoms with E-state index >= 15 is 0 Å². The standard InChI is InChI=1S/C16H10BrF2N5/c1-23(12-5-9(17)4-11(19)6-12)15-13-7-10(18)2-3-14(13)24-8-20-22-16(24)21-15/h2-8H,1H3. The lowest BCUT2D eigenvalue weighted by molar-refractivity contribution is 0.626. The molecule has 0 fully saturated rings. The number of hydrogen-bond acceptors (Lipinski definition) is 4.